The first kappa shape index (κ1) is 21.0. The van der Waals surface area contributed by atoms with Crippen molar-refractivity contribution >= 4 is 11.9 Å². The summed E-state index contributed by atoms with van der Waals surface area (Å²) in [4.78, 5) is 18.7. The van der Waals surface area contributed by atoms with Crippen LogP contribution in [0, 0.1) is 0 Å². The number of ether oxygens (including phenoxy) is 1. The molecular weight excluding hydrogens is 316 g/mol. The molecule has 0 fully saturated rings. The van der Waals surface area contributed by atoms with Crippen molar-refractivity contribution in [1.29, 1.82) is 0 Å². The van der Waals surface area contributed by atoms with Crippen LogP contribution in [-0.4, -0.2) is 55.7 Å². The smallest absolute Gasteiger partial charge is 0.244 e. The molecule has 1 amide bonds. The van der Waals surface area contributed by atoms with E-state index in [1.807, 2.05) is 62.9 Å². The topological polar surface area (TPSA) is 66.0 Å². The summed E-state index contributed by atoms with van der Waals surface area (Å²) < 4.78 is 5.39. The molecule has 140 valence electrons. The van der Waals surface area contributed by atoms with Gasteiger partial charge in [-0.3, -0.25) is 4.79 Å². The highest BCUT2D eigenvalue weighted by Crippen LogP contribution is 2.05. The van der Waals surface area contributed by atoms with Gasteiger partial charge in [-0.05, 0) is 33.3 Å². The number of aliphatic imine (C=N–C) groups is 1. The van der Waals surface area contributed by atoms with Crippen LogP contribution in [0.3, 0.4) is 0 Å². The van der Waals surface area contributed by atoms with Gasteiger partial charge in [0.05, 0.1) is 5.60 Å². The molecule has 0 unspecified atom stereocenters. The minimum Gasteiger partial charge on any atom is -0.377 e. The minimum atomic E-state index is -0.303. The van der Waals surface area contributed by atoms with Crippen LogP contribution in [0.5, 0.6) is 0 Å². The Balaban J connectivity index is 2.64. The lowest BCUT2D eigenvalue weighted by atomic mass is 10.1. The molecule has 0 heterocycles. The average Bonchev–Trinajstić information content (AvgIpc) is 2.62. The number of likely N-dealkylation sites (N-methyl/N-ethyl adjacent to an activating group) is 1. The van der Waals surface area contributed by atoms with Crippen LogP contribution in [0.2, 0.25) is 0 Å². The second-order valence-electron chi connectivity index (χ2n) is 6.41. The number of nitrogens with one attached hydrogen (secondary N) is 2. The summed E-state index contributed by atoms with van der Waals surface area (Å²) in [7, 11) is 1.68. The van der Waals surface area contributed by atoms with E-state index in [0.29, 0.717) is 25.6 Å². The van der Waals surface area contributed by atoms with E-state index in [9.17, 15) is 4.79 Å². The fourth-order valence-corrected chi connectivity index (χ4v) is 2.14. The first-order chi connectivity index (χ1) is 11.9. The first-order valence-corrected chi connectivity index (χ1v) is 8.81. The maximum absolute atomic E-state index is 12.5. The lowest BCUT2D eigenvalue weighted by molar-refractivity contribution is -0.130. The van der Waals surface area contributed by atoms with Gasteiger partial charge >= 0.3 is 0 Å². The van der Waals surface area contributed by atoms with Gasteiger partial charge in [0.25, 0.3) is 0 Å². The molecule has 0 aromatic heterocycles. The number of hydrogen-bond donors (Lipinski definition) is 2. The molecule has 0 saturated heterocycles. The van der Waals surface area contributed by atoms with Gasteiger partial charge in [0.2, 0.25) is 5.91 Å². The van der Waals surface area contributed by atoms with E-state index in [0.717, 1.165) is 12.1 Å². The van der Waals surface area contributed by atoms with Gasteiger partial charge in [-0.15, -0.1) is 0 Å². The average molecular weight is 348 g/mol. The van der Waals surface area contributed by atoms with Crippen molar-refractivity contribution in [2.45, 2.75) is 39.8 Å². The van der Waals surface area contributed by atoms with Gasteiger partial charge in [-0.1, -0.05) is 30.3 Å². The van der Waals surface area contributed by atoms with Crippen LogP contribution >= 0.6 is 0 Å². The number of carbonyl (C=O) groups is 1. The van der Waals surface area contributed by atoms with Crippen LogP contribution in [0.4, 0.5) is 0 Å². The van der Waals surface area contributed by atoms with Gasteiger partial charge in [0, 0.05) is 33.3 Å². The standard InChI is InChI=1S/C19H32N4O2/c1-6-20-18(22-15-19(3,4)25-5)21-13-17(24)23(7-2)14-16-11-9-8-10-12-16/h8-12H,6-7,13-15H2,1-5H3,(H2,20,21,22). The fraction of sp³-hybridized carbons (Fsp3) is 0.579. The maximum atomic E-state index is 12.5. The van der Waals surface area contributed by atoms with Crippen LogP contribution in [0.1, 0.15) is 33.3 Å². The molecule has 1 rings (SSSR count). The number of rotatable bonds is 9. The Labute approximate surface area is 151 Å². The van der Waals surface area contributed by atoms with E-state index in [2.05, 4.69) is 15.6 Å². The number of guanidine groups is 1. The summed E-state index contributed by atoms with van der Waals surface area (Å²) in [5, 5.41) is 6.37. The van der Waals surface area contributed by atoms with E-state index in [-0.39, 0.29) is 18.1 Å². The molecule has 6 heteroatoms. The summed E-state index contributed by atoms with van der Waals surface area (Å²) >= 11 is 0. The molecular formula is C19H32N4O2. The summed E-state index contributed by atoms with van der Waals surface area (Å²) in [5.41, 5.74) is 0.816. The Morgan fingerprint density at radius 2 is 1.88 bits per heavy atom. The van der Waals surface area contributed by atoms with Gasteiger partial charge < -0.3 is 20.3 Å². The molecule has 0 atom stereocenters. The second-order valence-corrected chi connectivity index (χ2v) is 6.41. The number of hydrogen-bond acceptors (Lipinski definition) is 3. The highest BCUT2D eigenvalue weighted by Gasteiger charge is 2.17. The summed E-state index contributed by atoms with van der Waals surface area (Å²) in [5.74, 6) is 0.631. The zero-order valence-corrected chi connectivity index (χ0v) is 16.1. The third-order valence-electron chi connectivity index (χ3n) is 3.90. The molecule has 0 aliphatic rings. The highest BCUT2D eigenvalue weighted by molar-refractivity contribution is 5.85. The van der Waals surface area contributed by atoms with Gasteiger partial charge in [-0.2, -0.15) is 0 Å². The summed E-state index contributed by atoms with van der Waals surface area (Å²) in [6.07, 6.45) is 0. The Kier molecular flexibility index (Phi) is 8.99. The third-order valence-corrected chi connectivity index (χ3v) is 3.90. The number of carbonyl (C=O) groups excluding carboxylic acids is 1. The lowest BCUT2D eigenvalue weighted by Gasteiger charge is -2.24. The molecule has 0 spiro atoms. The maximum Gasteiger partial charge on any atom is 0.244 e. The number of methoxy groups -OCH3 is 1. The Morgan fingerprint density at radius 3 is 2.44 bits per heavy atom. The number of nitrogens with zero attached hydrogens (tertiary/aromatic N) is 2. The van der Waals surface area contributed by atoms with Crippen molar-refractivity contribution in [3.63, 3.8) is 0 Å². The molecule has 0 aliphatic heterocycles. The largest absolute Gasteiger partial charge is 0.377 e. The first-order valence-electron chi connectivity index (χ1n) is 8.81. The Bertz CT molecular complexity index is 544. The van der Waals surface area contributed by atoms with E-state index in [4.69, 9.17) is 4.74 Å². The van der Waals surface area contributed by atoms with E-state index < -0.39 is 0 Å². The fourth-order valence-electron chi connectivity index (χ4n) is 2.14. The van der Waals surface area contributed by atoms with E-state index in [1.165, 1.54) is 0 Å². The highest BCUT2D eigenvalue weighted by atomic mass is 16.5. The van der Waals surface area contributed by atoms with E-state index in [1.54, 1.807) is 7.11 Å². The van der Waals surface area contributed by atoms with E-state index >= 15 is 0 Å². The van der Waals surface area contributed by atoms with Gasteiger partial charge in [0.1, 0.15) is 6.54 Å². The Morgan fingerprint density at radius 1 is 1.20 bits per heavy atom. The second kappa shape index (κ2) is 10.7. The zero-order chi connectivity index (χ0) is 18.7. The quantitative estimate of drug-likeness (QED) is 0.529. The summed E-state index contributed by atoms with van der Waals surface area (Å²) in [6, 6.07) is 9.99. The molecule has 25 heavy (non-hydrogen) atoms. The number of amides is 1. The Hall–Kier alpha value is -2.08. The SMILES string of the molecule is CCNC(=NCC(=O)N(CC)Cc1ccccc1)NCC(C)(C)OC. The molecule has 0 aliphatic carbocycles. The summed E-state index contributed by atoms with van der Waals surface area (Å²) in [6.45, 7) is 10.7. The normalized spacial score (nSPS) is 12.0. The van der Waals surface area contributed by atoms with Gasteiger partial charge in [0.15, 0.2) is 5.96 Å². The predicted molar refractivity (Wildman–Crippen MR) is 103 cm³/mol. The minimum absolute atomic E-state index is 0.00885. The monoisotopic (exact) mass is 348 g/mol. The van der Waals surface area contributed by atoms with Crippen molar-refractivity contribution in [3.05, 3.63) is 35.9 Å². The van der Waals surface area contributed by atoms with Crippen molar-refractivity contribution < 1.29 is 9.53 Å². The molecule has 2 N–H and O–H groups in total. The molecule has 6 nitrogen and oxygen atoms in total. The van der Waals surface area contributed by atoms with Gasteiger partial charge in [-0.25, -0.2) is 4.99 Å². The van der Waals surface area contributed by atoms with Crippen LogP contribution in [-0.2, 0) is 16.1 Å². The molecule has 0 radical (unpaired) electrons. The van der Waals surface area contributed by atoms with Crippen LogP contribution < -0.4 is 10.6 Å². The predicted octanol–water partition coefficient (Wildman–Crippen LogP) is 2.02. The van der Waals surface area contributed by atoms with Crippen molar-refractivity contribution in [1.82, 2.24) is 15.5 Å². The number of benzene rings is 1. The molecule has 0 bridgehead atoms. The van der Waals surface area contributed by atoms with Crippen LogP contribution in [0.25, 0.3) is 0 Å². The lowest BCUT2D eigenvalue weighted by Crippen LogP contribution is -2.45. The third kappa shape index (κ3) is 8.03. The van der Waals surface area contributed by atoms with Crippen molar-refractivity contribution in [3.8, 4) is 0 Å². The molecule has 1 aromatic rings. The molecule has 0 saturated carbocycles. The van der Waals surface area contributed by atoms with Crippen LogP contribution in [0.15, 0.2) is 35.3 Å². The van der Waals surface area contributed by atoms with Crippen molar-refractivity contribution in [2.24, 2.45) is 4.99 Å². The molecule has 1 aromatic carbocycles. The zero-order valence-electron chi connectivity index (χ0n) is 16.1. The van der Waals surface area contributed by atoms with Crippen molar-refractivity contribution in [2.75, 3.05) is 33.3 Å².